The third-order valence-electron chi connectivity index (χ3n) is 2.00. The molecule has 1 aromatic heterocycles. The van der Waals surface area contributed by atoms with Crippen molar-refractivity contribution in [2.45, 2.75) is 0 Å². The van der Waals surface area contributed by atoms with Gasteiger partial charge in [0.25, 0.3) is 0 Å². The molecule has 2 rings (SSSR count). The highest BCUT2D eigenvalue weighted by atomic mass is 35.5. The lowest BCUT2D eigenvalue weighted by Gasteiger charge is -2.06. The third-order valence-corrected chi connectivity index (χ3v) is 3.12. The van der Waals surface area contributed by atoms with E-state index in [1.165, 1.54) is 0 Å². The van der Waals surface area contributed by atoms with Gasteiger partial charge in [-0.2, -0.15) is 0 Å². The van der Waals surface area contributed by atoms with Gasteiger partial charge in [-0.05, 0) is 18.2 Å². The molecule has 4 heteroatoms. The Morgan fingerprint density at radius 2 is 1.60 bits per heavy atom. The van der Waals surface area contributed by atoms with Gasteiger partial charge in [0.2, 0.25) is 0 Å². The van der Waals surface area contributed by atoms with Gasteiger partial charge in [-0.15, -0.1) is 0 Å². The Hall–Kier alpha value is -0.760. The minimum Gasteiger partial charge on any atom is -0.244 e. The van der Waals surface area contributed by atoms with Crippen LogP contribution < -0.4 is 0 Å². The summed E-state index contributed by atoms with van der Waals surface area (Å²) in [6.07, 6.45) is 1.63. The Bertz CT molecular complexity index is 497. The number of hydrogen-bond acceptors (Lipinski definition) is 1. The van der Waals surface area contributed by atoms with E-state index in [0.717, 1.165) is 11.1 Å². The second-order valence-corrected chi connectivity index (χ2v) is 4.09. The molecule has 0 saturated carbocycles. The van der Waals surface area contributed by atoms with E-state index < -0.39 is 0 Å². The molecule has 2 aromatic rings. The van der Waals surface area contributed by atoms with E-state index in [4.69, 9.17) is 34.8 Å². The SMILES string of the molecule is Clc1cccc(-c2cccnc2Cl)c1Cl. The van der Waals surface area contributed by atoms with Crippen molar-refractivity contribution >= 4 is 34.8 Å². The van der Waals surface area contributed by atoms with Crippen LogP contribution in [-0.2, 0) is 0 Å². The minimum absolute atomic E-state index is 0.418. The van der Waals surface area contributed by atoms with Crippen molar-refractivity contribution in [1.82, 2.24) is 4.98 Å². The number of hydrogen-bond donors (Lipinski definition) is 0. The van der Waals surface area contributed by atoms with E-state index >= 15 is 0 Å². The highest BCUT2D eigenvalue weighted by Gasteiger charge is 2.09. The van der Waals surface area contributed by atoms with Crippen molar-refractivity contribution in [3.8, 4) is 11.1 Å². The van der Waals surface area contributed by atoms with Gasteiger partial charge < -0.3 is 0 Å². The van der Waals surface area contributed by atoms with Crippen LogP contribution in [0.1, 0.15) is 0 Å². The summed E-state index contributed by atoms with van der Waals surface area (Å²) in [7, 11) is 0. The Labute approximate surface area is 103 Å². The van der Waals surface area contributed by atoms with Gasteiger partial charge in [0.05, 0.1) is 10.0 Å². The van der Waals surface area contributed by atoms with Gasteiger partial charge in [-0.1, -0.05) is 46.9 Å². The molecule has 15 heavy (non-hydrogen) atoms. The minimum atomic E-state index is 0.418. The summed E-state index contributed by atoms with van der Waals surface area (Å²) in [6, 6.07) is 9.08. The molecule has 0 atom stereocenters. The summed E-state index contributed by atoms with van der Waals surface area (Å²) in [6.45, 7) is 0. The molecule has 0 fully saturated rings. The van der Waals surface area contributed by atoms with Crippen molar-refractivity contribution in [1.29, 1.82) is 0 Å². The predicted octanol–water partition coefficient (Wildman–Crippen LogP) is 4.71. The number of benzene rings is 1. The Morgan fingerprint density at radius 3 is 2.33 bits per heavy atom. The standard InChI is InChI=1S/C11H6Cl3N/c12-9-5-1-3-7(10(9)13)8-4-2-6-15-11(8)14/h1-6H. The van der Waals surface area contributed by atoms with E-state index in [0.29, 0.717) is 15.2 Å². The average Bonchev–Trinajstić information content (AvgIpc) is 2.23. The predicted molar refractivity (Wildman–Crippen MR) is 64.7 cm³/mol. The number of halogens is 3. The fourth-order valence-electron chi connectivity index (χ4n) is 1.30. The summed E-state index contributed by atoms with van der Waals surface area (Å²) in [5.74, 6) is 0. The van der Waals surface area contributed by atoms with Crippen LogP contribution in [0.2, 0.25) is 15.2 Å². The van der Waals surface area contributed by atoms with E-state index in [2.05, 4.69) is 4.98 Å². The number of pyridine rings is 1. The number of aromatic nitrogens is 1. The zero-order valence-corrected chi connectivity index (χ0v) is 9.81. The lowest BCUT2D eigenvalue weighted by atomic mass is 10.1. The maximum atomic E-state index is 6.08. The molecule has 0 aliphatic heterocycles. The number of rotatable bonds is 1. The first-order chi connectivity index (χ1) is 7.20. The molecule has 1 aromatic carbocycles. The molecule has 1 heterocycles. The van der Waals surface area contributed by atoms with Gasteiger partial charge >= 0.3 is 0 Å². The molecule has 0 radical (unpaired) electrons. The molecule has 0 saturated heterocycles. The molecule has 0 aliphatic rings. The first kappa shape index (κ1) is 10.7. The fourth-order valence-corrected chi connectivity index (χ4v) is 1.92. The summed E-state index contributed by atoms with van der Waals surface area (Å²) in [5.41, 5.74) is 1.58. The second-order valence-electron chi connectivity index (χ2n) is 2.94. The molecule has 0 amide bonds. The smallest absolute Gasteiger partial charge is 0.136 e. The van der Waals surface area contributed by atoms with E-state index in [1.54, 1.807) is 18.3 Å². The monoisotopic (exact) mass is 257 g/mol. The molecular formula is C11H6Cl3N. The van der Waals surface area contributed by atoms with Crippen molar-refractivity contribution in [3.63, 3.8) is 0 Å². The zero-order chi connectivity index (χ0) is 10.8. The highest BCUT2D eigenvalue weighted by Crippen LogP contribution is 2.35. The molecule has 76 valence electrons. The molecule has 0 N–H and O–H groups in total. The fraction of sp³-hybridized carbons (Fsp3) is 0. The molecular weight excluding hydrogens is 252 g/mol. The normalized spacial score (nSPS) is 10.3. The summed E-state index contributed by atoms with van der Waals surface area (Å²) in [4.78, 5) is 3.99. The lowest BCUT2D eigenvalue weighted by Crippen LogP contribution is -1.84. The van der Waals surface area contributed by atoms with Crippen molar-refractivity contribution < 1.29 is 0 Å². The van der Waals surface area contributed by atoms with Crippen LogP contribution in [-0.4, -0.2) is 4.98 Å². The van der Waals surface area contributed by atoms with Crippen LogP contribution in [0, 0.1) is 0 Å². The van der Waals surface area contributed by atoms with Crippen LogP contribution in [0.25, 0.3) is 11.1 Å². The summed E-state index contributed by atoms with van der Waals surface area (Å²) >= 11 is 18.0. The van der Waals surface area contributed by atoms with Gasteiger partial charge in [-0.25, -0.2) is 4.98 Å². The maximum absolute atomic E-state index is 6.08. The van der Waals surface area contributed by atoms with E-state index in [-0.39, 0.29) is 0 Å². The Morgan fingerprint density at radius 1 is 0.867 bits per heavy atom. The van der Waals surface area contributed by atoms with Gasteiger partial charge in [-0.3, -0.25) is 0 Å². The van der Waals surface area contributed by atoms with Crippen molar-refractivity contribution in [2.24, 2.45) is 0 Å². The molecule has 0 spiro atoms. The molecule has 0 aliphatic carbocycles. The van der Waals surface area contributed by atoms with Crippen LogP contribution in [0.4, 0.5) is 0 Å². The quantitative estimate of drug-likeness (QED) is 0.675. The maximum Gasteiger partial charge on any atom is 0.136 e. The Kier molecular flexibility index (Phi) is 3.15. The van der Waals surface area contributed by atoms with Gasteiger partial charge in [0, 0.05) is 17.3 Å². The summed E-state index contributed by atoms with van der Waals surface area (Å²) in [5, 5.41) is 1.42. The van der Waals surface area contributed by atoms with Crippen LogP contribution in [0.15, 0.2) is 36.5 Å². The van der Waals surface area contributed by atoms with Crippen molar-refractivity contribution in [2.75, 3.05) is 0 Å². The first-order valence-corrected chi connectivity index (χ1v) is 5.38. The molecule has 0 unspecified atom stereocenters. The van der Waals surface area contributed by atoms with Crippen LogP contribution in [0.3, 0.4) is 0 Å². The zero-order valence-electron chi connectivity index (χ0n) is 7.55. The average molecular weight is 259 g/mol. The van der Waals surface area contributed by atoms with E-state index in [1.807, 2.05) is 18.2 Å². The first-order valence-electron chi connectivity index (χ1n) is 4.25. The molecule has 0 bridgehead atoms. The van der Waals surface area contributed by atoms with Crippen LogP contribution in [0.5, 0.6) is 0 Å². The Balaban J connectivity index is 2.65. The lowest BCUT2D eigenvalue weighted by molar-refractivity contribution is 1.33. The third kappa shape index (κ3) is 2.10. The van der Waals surface area contributed by atoms with E-state index in [9.17, 15) is 0 Å². The number of nitrogens with zero attached hydrogens (tertiary/aromatic N) is 1. The van der Waals surface area contributed by atoms with Crippen LogP contribution >= 0.6 is 34.8 Å². The largest absolute Gasteiger partial charge is 0.244 e. The van der Waals surface area contributed by atoms with Gasteiger partial charge in [0.1, 0.15) is 5.15 Å². The van der Waals surface area contributed by atoms with Gasteiger partial charge in [0.15, 0.2) is 0 Å². The van der Waals surface area contributed by atoms with Crippen molar-refractivity contribution in [3.05, 3.63) is 51.7 Å². The second kappa shape index (κ2) is 4.40. The summed E-state index contributed by atoms with van der Waals surface area (Å²) < 4.78 is 0. The topological polar surface area (TPSA) is 12.9 Å². The highest BCUT2D eigenvalue weighted by molar-refractivity contribution is 6.44. The molecule has 1 nitrogen and oxygen atoms in total.